The van der Waals surface area contributed by atoms with Crippen LogP contribution in [0.4, 0.5) is 0 Å². The zero-order valence-electron chi connectivity index (χ0n) is 12.7. The van der Waals surface area contributed by atoms with Gasteiger partial charge in [0.15, 0.2) is 6.61 Å². The van der Waals surface area contributed by atoms with Crippen molar-refractivity contribution < 1.29 is 9.53 Å². The van der Waals surface area contributed by atoms with E-state index in [1.807, 2.05) is 24.3 Å². The van der Waals surface area contributed by atoms with Crippen molar-refractivity contribution in [2.75, 3.05) is 6.61 Å². The van der Waals surface area contributed by atoms with Gasteiger partial charge in [0.2, 0.25) is 0 Å². The molecule has 0 unspecified atom stereocenters. The molecule has 4 aliphatic carbocycles. The third kappa shape index (κ3) is 2.90. The summed E-state index contributed by atoms with van der Waals surface area (Å²) in [5.74, 6) is 3.30. The predicted octanol–water partition coefficient (Wildman–Crippen LogP) is 3.91. The maximum atomic E-state index is 12.3. The number of ether oxygens (including phenoxy) is 1. The first kappa shape index (κ1) is 14.6. The Morgan fingerprint density at radius 1 is 1.18 bits per heavy atom. The summed E-state index contributed by atoms with van der Waals surface area (Å²) >= 11 is 3.41. The minimum atomic E-state index is 0.0296. The Morgan fingerprint density at radius 2 is 1.82 bits per heavy atom. The van der Waals surface area contributed by atoms with Crippen LogP contribution in [-0.2, 0) is 4.79 Å². The van der Waals surface area contributed by atoms with Gasteiger partial charge in [-0.25, -0.2) is 0 Å². The molecule has 1 aromatic rings. The Labute approximate surface area is 139 Å². The third-order valence-corrected chi connectivity index (χ3v) is 6.10. The van der Waals surface area contributed by atoms with E-state index < -0.39 is 0 Å². The average molecular weight is 364 g/mol. The molecule has 0 spiro atoms. The Hall–Kier alpha value is -1.03. The first-order valence-electron chi connectivity index (χ1n) is 8.30. The first-order chi connectivity index (χ1) is 10.6. The van der Waals surface area contributed by atoms with Crippen LogP contribution in [0.2, 0.25) is 0 Å². The fourth-order valence-electron chi connectivity index (χ4n) is 5.30. The Kier molecular flexibility index (Phi) is 3.67. The van der Waals surface area contributed by atoms with Crippen LogP contribution in [0.5, 0.6) is 5.75 Å². The van der Waals surface area contributed by atoms with Crippen molar-refractivity contribution in [3.8, 4) is 5.75 Å². The van der Waals surface area contributed by atoms with E-state index in [0.717, 1.165) is 28.0 Å². The monoisotopic (exact) mass is 363 g/mol. The van der Waals surface area contributed by atoms with Gasteiger partial charge in [0.25, 0.3) is 5.91 Å². The van der Waals surface area contributed by atoms with Crippen LogP contribution in [0.25, 0.3) is 0 Å². The number of benzene rings is 1. The normalized spacial score (nSPS) is 35.4. The van der Waals surface area contributed by atoms with Crippen molar-refractivity contribution >= 4 is 21.8 Å². The van der Waals surface area contributed by atoms with Crippen molar-refractivity contribution in [2.24, 2.45) is 17.8 Å². The zero-order valence-corrected chi connectivity index (χ0v) is 14.3. The molecular formula is C18H22BrNO2. The summed E-state index contributed by atoms with van der Waals surface area (Å²) in [5, 5.41) is 3.33. The molecule has 0 heterocycles. The minimum absolute atomic E-state index is 0.0296. The van der Waals surface area contributed by atoms with Gasteiger partial charge in [-0.1, -0.05) is 22.0 Å². The lowest BCUT2D eigenvalue weighted by molar-refractivity contribution is -0.128. The molecule has 0 saturated heterocycles. The summed E-state index contributed by atoms with van der Waals surface area (Å²) in [5.41, 5.74) is 0.0759. The molecule has 1 aromatic carbocycles. The molecule has 1 N–H and O–H groups in total. The zero-order chi connectivity index (χ0) is 15.2. The summed E-state index contributed by atoms with van der Waals surface area (Å²) in [6.45, 7) is 0.109. The second-order valence-corrected chi connectivity index (χ2v) is 8.41. The number of carbonyl (C=O) groups excluding carboxylic acids is 1. The van der Waals surface area contributed by atoms with Crippen LogP contribution in [0.15, 0.2) is 28.7 Å². The number of hydrogen-bond donors (Lipinski definition) is 1. The third-order valence-electron chi connectivity index (χ3n) is 5.61. The molecule has 4 bridgehead atoms. The van der Waals surface area contributed by atoms with Gasteiger partial charge in [-0.05, 0) is 74.5 Å². The van der Waals surface area contributed by atoms with Crippen molar-refractivity contribution in [1.82, 2.24) is 5.32 Å². The van der Waals surface area contributed by atoms with Crippen LogP contribution in [-0.4, -0.2) is 18.1 Å². The highest BCUT2D eigenvalue weighted by molar-refractivity contribution is 9.10. The lowest BCUT2D eigenvalue weighted by Gasteiger charge is -2.56. The van der Waals surface area contributed by atoms with Crippen LogP contribution >= 0.6 is 15.9 Å². The van der Waals surface area contributed by atoms with Crippen LogP contribution in [0.3, 0.4) is 0 Å². The van der Waals surface area contributed by atoms with Gasteiger partial charge in [0.1, 0.15) is 5.75 Å². The van der Waals surface area contributed by atoms with Gasteiger partial charge < -0.3 is 10.1 Å². The van der Waals surface area contributed by atoms with E-state index in [9.17, 15) is 4.79 Å². The smallest absolute Gasteiger partial charge is 0.258 e. The number of halogens is 1. The molecule has 0 aliphatic heterocycles. The SMILES string of the molecule is O=C(COc1cccc(Br)c1)NC12CC3CC(CC(C3)C1)C2. The largest absolute Gasteiger partial charge is 0.484 e. The second-order valence-electron chi connectivity index (χ2n) is 7.49. The first-order valence-corrected chi connectivity index (χ1v) is 9.09. The number of amides is 1. The predicted molar refractivity (Wildman–Crippen MR) is 88.7 cm³/mol. The summed E-state index contributed by atoms with van der Waals surface area (Å²) in [7, 11) is 0. The Morgan fingerprint density at radius 3 is 2.41 bits per heavy atom. The molecule has 0 radical (unpaired) electrons. The average Bonchev–Trinajstić information content (AvgIpc) is 2.43. The topological polar surface area (TPSA) is 38.3 Å². The molecule has 5 rings (SSSR count). The summed E-state index contributed by atoms with van der Waals surface area (Å²) in [6.07, 6.45) is 7.72. The van der Waals surface area contributed by atoms with Crippen LogP contribution in [0, 0.1) is 17.8 Å². The summed E-state index contributed by atoms with van der Waals surface area (Å²) in [4.78, 5) is 12.3. The number of rotatable bonds is 4. The highest BCUT2D eigenvalue weighted by Gasteiger charge is 2.51. The Bertz CT molecular complexity index is 551. The van der Waals surface area contributed by atoms with Crippen molar-refractivity contribution in [1.29, 1.82) is 0 Å². The fraction of sp³-hybridized carbons (Fsp3) is 0.611. The molecule has 118 valence electrons. The highest BCUT2D eigenvalue weighted by Crippen LogP contribution is 2.55. The van der Waals surface area contributed by atoms with Gasteiger partial charge in [-0.15, -0.1) is 0 Å². The highest BCUT2D eigenvalue weighted by atomic mass is 79.9. The number of hydrogen-bond acceptors (Lipinski definition) is 2. The van der Waals surface area contributed by atoms with E-state index in [1.165, 1.54) is 38.5 Å². The molecule has 22 heavy (non-hydrogen) atoms. The summed E-state index contributed by atoms with van der Waals surface area (Å²) < 4.78 is 6.58. The van der Waals surface area contributed by atoms with Gasteiger partial charge in [0, 0.05) is 10.0 Å². The van der Waals surface area contributed by atoms with Gasteiger partial charge in [-0.2, -0.15) is 0 Å². The molecule has 0 aromatic heterocycles. The number of carbonyl (C=O) groups is 1. The maximum absolute atomic E-state index is 12.3. The molecule has 4 fully saturated rings. The number of nitrogens with one attached hydrogen (secondary N) is 1. The lowest BCUT2D eigenvalue weighted by Crippen LogP contribution is -2.60. The summed E-state index contributed by atoms with van der Waals surface area (Å²) in [6, 6.07) is 7.62. The van der Waals surface area contributed by atoms with E-state index >= 15 is 0 Å². The van der Waals surface area contributed by atoms with E-state index in [0.29, 0.717) is 0 Å². The van der Waals surface area contributed by atoms with Gasteiger partial charge in [-0.3, -0.25) is 4.79 Å². The van der Waals surface area contributed by atoms with Gasteiger partial charge in [0.05, 0.1) is 0 Å². The van der Waals surface area contributed by atoms with Crippen LogP contribution < -0.4 is 10.1 Å². The van der Waals surface area contributed by atoms with Crippen molar-refractivity contribution in [2.45, 2.75) is 44.1 Å². The van der Waals surface area contributed by atoms with Crippen LogP contribution in [0.1, 0.15) is 38.5 Å². The van der Waals surface area contributed by atoms with E-state index in [4.69, 9.17) is 4.74 Å². The lowest BCUT2D eigenvalue weighted by atomic mass is 9.53. The standard InChI is InChI=1S/C18H22BrNO2/c19-15-2-1-3-16(7-15)22-11-17(21)20-18-8-12-4-13(9-18)6-14(5-12)10-18/h1-3,7,12-14H,4-6,8-11H2,(H,20,21). The maximum Gasteiger partial charge on any atom is 0.258 e. The van der Waals surface area contributed by atoms with Gasteiger partial charge >= 0.3 is 0 Å². The molecule has 1 amide bonds. The molecule has 3 nitrogen and oxygen atoms in total. The molecule has 4 heteroatoms. The van der Waals surface area contributed by atoms with Crippen molar-refractivity contribution in [3.63, 3.8) is 0 Å². The Balaban J connectivity index is 1.36. The van der Waals surface area contributed by atoms with Crippen molar-refractivity contribution in [3.05, 3.63) is 28.7 Å². The van der Waals surface area contributed by atoms with E-state index in [-0.39, 0.29) is 18.1 Å². The fourth-order valence-corrected chi connectivity index (χ4v) is 5.68. The molecular weight excluding hydrogens is 342 g/mol. The molecule has 4 saturated carbocycles. The second kappa shape index (κ2) is 5.55. The minimum Gasteiger partial charge on any atom is -0.484 e. The molecule has 0 atom stereocenters. The van der Waals surface area contributed by atoms with E-state index in [2.05, 4.69) is 21.2 Å². The molecule has 4 aliphatic rings. The quantitative estimate of drug-likeness (QED) is 0.880. The van der Waals surface area contributed by atoms with E-state index in [1.54, 1.807) is 0 Å².